The number of carbonyl (C=O) groups is 2. The Balaban J connectivity index is 0. The van der Waals surface area contributed by atoms with Crippen LogP contribution in [-0.4, -0.2) is 34.2 Å². The molecular weight excluding hydrogens is 200 g/mol. The first-order valence-corrected chi connectivity index (χ1v) is 4.47. The van der Waals surface area contributed by atoms with Gasteiger partial charge in [-0.05, 0) is 12.3 Å². The molecule has 0 amide bonds. The minimum atomic E-state index is -0.963. The molecule has 0 saturated carbocycles. The van der Waals surface area contributed by atoms with Crippen LogP contribution in [0.25, 0.3) is 0 Å². The lowest BCUT2D eigenvalue weighted by atomic mass is 9.88. The van der Waals surface area contributed by atoms with Gasteiger partial charge < -0.3 is 21.7 Å². The van der Waals surface area contributed by atoms with Gasteiger partial charge in [-0.15, -0.1) is 0 Å². The molecule has 0 rings (SSSR count). The zero-order chi connectivity index (χ0) is 12.8. The number of nitrogens with two attached hydrogens (primary N) is 2. The molecule has 0 aromatic carbocycles. The zero-order valence-corrected chi connectivity index (χ0v) is 9.52. The van der Waals surface area contributed by atoms with Gasteiger partial charge in [0.2, 0.25) is 0 Å². The molecule has 6 N–H and O–H groups in total. The Hall–Kier alpha value is -1.14. The van der Waals surface area contributed by atoms with Gasteiger partial charge in [-0.2, -0.15) is 0 Å². The lowest BCUT2D eigenvalue weighted by Gasteiger charge is -2.22. The summed E-state index contributed by atoms with van der Waals surface area (Å²) in [6, 6.07) is -1.50. The van der Waals surface area contributed by atoms with E-state index in [1.165, 1.54) is 6.92 Å². The van der Waals surface area contributed by atoms with Gasteiger partial charge in [-0.25, -0.2) is 0 Å². The summed E-state index contributed by atoms with van der Waals surface area (Å²) in [5, 5.41) is 16.3. The fourth-order valence-electron chi connectivity index (χ4n) is 0.370. The van der Waals surface area contributed by atoms with Crippen molar-refractivity contribution in [2.24, 2.45) is 16.9 Å². The van der Waals surface area contributed by atoms with Crippen LogP contribution in [0.5, 0.6) is 0 Å². The molecule has 0 aromatic rings. The molecule has 15 heavy (non-hydrogen) atoms. The van der Waals surface area contributed by atoms with Crippen molar-refractivity contribution < 1.29 is 19.8 Å². The third-order valence-electron chi connectivity index (χ3n) is 1.59. The Kier molecular flexibility index (Phi) is 6.91. The van der Waals surface area contributed by atoms with E-state index < -0.39 is 24.0 Å². The molecule has 6 heteroatoms. The molecule has 0 aromatic heterocycles. The lowest BCUT2D eigenvalue weighted by Crippen LogP contribution is -2.41. The van der Waals surface area contributed by atoms with E-state index in [1.807, 2.05) is 0 Å². The molecule has 0 radical (unpaired) electrons. The first-order valence-electron chi connectivity index (χ1n) is 4.47. The second-order valence-corrected chi connectivity index (χ2v) is 4.31. The van der Waals surface area contributed by atoms with E-state index in [1.54, 1.807) is 20.8 Å². The van der Waals surface area contributed by atoms with E-state index in [0.717, 1.165) is 0 Å². The van der Waals surface area contributed by atoms with Gasteiger partial charge in [0, 0.05) is 0 Å². The van der Waals surface area contributed by atoms with Crippen LogP contribution >= 0.6 is 0 Å². The molecule has 2 unspecified atom stereocenters. The topological polar surface area (TPSA) is 127 Å². The molecule has 90 valence electrons. The van der Waals surface area contributed by atoms with Crippen molar-refractivity contribution in [3.8, 4) is 0 Å². The van der Waals surface area contributed by atoms with Crippen LogP contribution in [0.2, 0.25) is 0 Å². The fourth-order valence-corrected chi connectivity index (χ4v) is 0.370. The van der Waals surface area contributed by atoms with Crippen molar-refractivity contribution in [3.05, 3.63) is 0 Å². The number of hydrogen-bond donors (Lipinski definition) is 4. The normalized spacial score (nSPS) is 14.5. The first kappa shape index (κ1) is 16.3. The average molecular weight is 220 g/mol. The highest BCUT2D eigenvalue weighted by molar-refractivity contribution is 5.74. The molecule has 0 spiro atoms. The SMILES string of the molecule is CC(C)(C)C(N)C(=O)O.CC(N)C(=O)O. The van der Waals surface area contributed by atoms with Crippen molar-refractivity contribution >= 4 is 11.9 Å². The highest BCUT2D eigenvalue weighted by Crippen LogP contribution is 2.16. The van der Waals surface area contributed by atoms with E-state index in [9.17, 15) is 9.59 Å². The van der Waals surface area contributed by atoms with Crippen molar-refractivity contribution in [2.45, 2.75) is 39.8 Å². The van der Waals surface area contributed by atoms with E-state index in [-0.39, 0.29) is 5.41 Å². The van der Waals surface area contributed by atoms with Crippen molar-refractivity contribution in [1.82, 2.24) is 0 Å². The summed E-state index contributed by atoms with van der Waals surface area (Å²) in [5.41, 5.74) is 9.79. The maximum atomic E-state index is 10.2. The molecule has 6 nitrogen and oxygen atoms in total. The quantitative estimate of drug-likeness (QED) is 0.513. The average Bonchev–Trinajstić information content (AvgIpc) is 2.02. The molecule has 0 aliphatic carbocycles. The molecule has 0 saturated heterocycles. The van der Waals surface area contributed by atoms with E-state index >= 15 is 0 Å². The Labute approximate surface area is 89.3 Å². The minimum Gasteiger partial charge on any atom is -0.480 e. The van der Waals surface area contributed by atoms with E-state index in [0.29, 0.717) is 0 Å². The van der Waals surface area contributed by atoms with Crippen molar-refractivity contribution in [1.29, 1.82) is 0 Å². The van der Waals surface area contributed by atoms with Gasteiger partial charge in [-0.1, -0.05) is 20.8 Å². The monoisotopic (exact) mass is 220 g/mol. The van der Waals surface area contributed by atoms with Crippen LogP contribution < -0.4 is 11.5 Å². The van der Waals surface area contributed by atoms with Crippen molar-refractivity contribution in [2.75, 3.05) is 0 Å². The first-order chi connectivity index (χ1) is 6.50. The summed E-state index contributed by atoms with van der Waals surface area (Å²) in [6.45, 7) is 6.81. The zero-order valence-electron chi connectivity index (χ0n) is 9.52. The molecule has 0 fully saturated rings. The van der Waals surface area contributed by atoms with Gasteiger partial charge in [0.25, 0.3) is 0 Å². The van der Waals surface area contributed by atoms with Crippen LogP contribution in [0.15, 0.2) is 0 Å². The second-order valence-electron chi connectivity index (χ2n) is 4.31. The number of rotatable bonds is 2. The smallest absolute Gasteiger partial charge is 0.321 e. The molecule has 0 aliphatic rings. The van der Waals surface area contributed by atoms with Gasteiger partial charge in [0.05, 0.1) is 0 Å². The maximum absolute atomic E-state index is 10.2. The van der Waals surface area contributed by atoms with Crippen LogP contribution in [0.4, 0.5) is 0 Å². The predicted molar refractivity (Wildman–Crippen MR) is 56.4 cm³/mol. The fraction of sp³-hybridized carbons (Fsp3) is 0.778. The Morgan fingerprint density at radius 3 is 1.33 bits per heavy atom. The van der Waals surface area contributed by atoms with Crippen LogP contribution in [0.1, 0.15) is 27.7 Å². The molecule has 0 bridgehead atoms. The highest BCUT2D eigenvalue weighted by Gasteiger charge is 2.26. The van der Waals surface area contributed by atoms with E-state index in [4.69, 9.17) is 21.7 Å². The maximum Gasteiger partial charge on any atom is 0.321 e. The van der Waals surface area contributed by atoms with Crippen LogP contribution in [0.3, 0.4) is 0 Å². The largest absolute Gasteiger partial charge is 0.480 e. The minimum absolute atomic E-state index is 0.341. The highest BCUT2D eigenvalue weighted by atomic mass is 16.4. The second kappa shape index (κ2) is 6.36. The van der Waals surface area contributed by atoms with Gasteiger partial charge >= 0.3 is 11.9 Å². The lowest BCUT2D eigenvalue weighted by molar-refractivity contribution is -0.141. The summed E-state index contributed by atoms with van der Waals surface area (Å²) in [4.78, 5) is 19.8. The third kappa shape index (κ3) is 9.17. The third-order valence-corrected chi connectivity index (χ3v) is 1.59. The summed E-state index contributed by atoms with van der Waals surface area (Å²) < 4.78 is 0. The number of aliphatic carboxylic acids is 2. The van der Waals surface area contributed by atoms with Crippen LogP contribution in [-0.2, 0) is 9.59 Å². The molecule has 2 atom stereocenters. The van der Waals surface area contributed by atoms with Gasteiger partial charge in [0.15, 0.2) is 0 Å². The number of carboxylic acids is 2. The molecular formula is C9H20N2O4. The number of carboxylic acid groups (broad SMARTS) is 2. The standard InChI is InChI=1S/C6H13NO2.C3H7NO2/c1-6(2,3)4(7)5(8)9;1-2(4)3(5)6/h4H,7H2,1-3H3,(H,8,9);2H,4H2,1H3,(H,5,6). The molecule has 0 aliphatic heterocycles. The Morgan fingerprint density at radius 2 is 1.33 bits per heavy atom. The van der Waals surface area contributed by atoms with Gasteiger partial charge in [-0.3, -0.25) is 9.59 Å². The summed E-state index contributed by atoms with van der Waals surface area (Å²) in [7, 11) is 0. The number of hydrogen-bond acceptors (Lipinski definition) is 4. The van der Waals surface area contributed by atoms with Crippen LogP contribution in [0, 0.1) is 5.41 Å². The van der Waals surface area contributed by atoms with Gasteiger partial charge in [0.1, 0.15) is 12.1 Å². The summed E-state index contributed by atoms with van der Waals surface area (Å²) in [6.07, 6.45) is 0. The molecule has 0 heterocycles. The Morgan fingerprint density at radius 1 is 1.07 bits per heavy atom. The van der Waals surface area contributed by atoms with E-state index in [2.05, 4.69) is 0 Å². The Bertz CT molecular complexity index is 221. The summed E-state index contributed by atoms with van der Waals surface area (Å²) >= 11 is 0. The summed E-state index contributed by atoms with van der Waals surface area (Å²) in [5.74, 6) is -1.91. The predicted octanol–water partition coefficient (Wildman–Crippen LogP) is -0.137. The van der Waals surface area contributed by atoms with Crippen molar-refractivity contribution in [3.63, 3.8) is 0 Å².